The molecule has 112 valence electrons. The van der Waals surface area contributed by atoms with Crippen molar-refractivity contribution in [2.75, 3.05) is 25.6 Å². The van der Waals surface area contributed by atoms with Crippen LogP contribution in [0, 0.1) is 5.92 Å². The maximum atomic E-state index is 5.46. The van der Waals surface area contributed by atoms with E-state index < -0.39 is 0 Å². The van der Waals surface area contributed by atoms with E-state index in [0.29, 0.717) is 25.1 Å². The molecule has 1 aliphatic carbocycles. The van der Waals surface area contributed by atoms with Crippen LogP contribution >= 0.6 is 0 Å². The molecule has 1 fully saturated rings. The Morgan fingerprint density at radius 2 is 2.05 bits per heavy atom. The number of anilines is 1. The van der Waals surface area contributed by atoms with Gasteiger partial charge in [-0.1, -0.05) is 19.3 Å². The van der Waals surface area contributed by atoms with Gasteiger partial charge in [-0.2, -0.15) is 0 Å². The molecule has 1 aromatic heterocycles. The molecule has 1 aliphatic rings. The van der Waals surface area contributed by atoms with Crippen molar-refractivity contribution in [2.24, 2.45) is 5.92 Å². The average molecular weight is 278 g/mol. The number of methoxy groups -OCH3 is 1. The van der Waals surface area contributed by atoms with Crippen LogP contribution in [-0.2, 0) is 4.74 Å². The van der Waals surface area contributed by atoms with Crippen molar-refractivity contribution >= 4 is 5.69 Å². The maximum Gasteiger partial charge on any atom is 0.213 e. The highest BCUT2D eigenvalue weighted by Crippen LogP contribution is 2.28. The molecule has 1 aromatic rings. The molecular formula is C16H26N2O2. The van der Waals surface area contributed by atoms with E-state index in [2.05, 4.69) is 17.2 Å². The molecule has 0 amide bonds. The molecule has 0 saturated heterocycles. The fraction of sp³-hybridized carbons (Fsp3) is 0.688. The number of aromatic nitrogens is 1. The highest BCUT2D eigenvalue weighted by Gasteiger charge is 2.19. The van der Waals surface area contributed by atoms with Gasteiger partial charge < -0.3 is 14.8 Å². The zero-order valence-electron chi connectivity index (χ0n) is 12.6. The van der Waals surface area contributed by atoms with Crippen LogP contribution in [0.3, 0.4) is 0 Å². The van der Waals surface area contributed by atoms with Crippen molar-refractivity contribution in [1.29, 1.82) is 0 Å². The zero-order valence-corrected chi connectivity index (χ0v) is 12.6. The predicted molar refractivity (Wildman–Crippen MR) is 81.3 cm³/mol. The van der Waals surface area contributed by atoms with Gasteiger partial charge in [-0.05, 0) is 31.7 Å². The summed E-state index contributed by atoms with van der Waals surface area (Å²) in [6, 6.07) is 4.46. The third kappa shape index (κ3) is 4.67. The Labute approximate surface area is 121 Å². The Kier molecular flexibility index (Phi) is 6.12. The summed E-state index contributed by atoms with van der Waals surface area (Å²) in [6.45, 7) is 3.40. The van der Waals surface area contributed by atoms with E-state index in [9.17, 15) is 0 Å². The van der Waals surface area contributed by atoms with Crippen LogP contribution in [0.4, 0.5) is 5.69 Å². The van der Waals surface area contributed by atoms with Gasteiger partial charge in [0, 0.05) is 19.2 Å². The molecule has 2 rings (SSSR count). The highest BCUT2D eigenvalue weighted by molar-refractivity contribution is 5.43. The Morgan fingerprint density at radius 3 is 2.70 bits per heavy atom. The number of ether oxygens (including phenoxy) is 2. The Hall–Kier alpha value is -1.29. The van der Waals surface area contributed by atoms with Gasteiger partial charge >= 0.3 is 0 Å². The fourth-order valence-corrected chi connectivity index (χ4v) is 2.80. The average Bonchev–Trinajstić information content (AvgIpc) is 2.50. The van der Waals surface area contributed by atoms with Crippen molar-refractivity contribution in [3.05, 3.63) is 18.3 Å². The fourth-order valence-electron chi connectivity index (χ4n) is 2.80. The monoisotopic (exact) mass is 278 g/mol. The van der Waals surface area contributed by atoms with Gasteiger partial charge in [-0.15, -0.1) is 0 Å². The quantitative estimate of drug-likeness (QED) is 0.775. The van der Waals surface area contributed by atoms with Gasteiger partial charge in [0.2, 0.25) is 5.88 Å². The molecule has 4 heteroatoms. The molecule has 0 spiro atoms. The van der Waals surface area contributed by atoms with E-state index in [1.807, 2.05) is 18.3 Å². The zero-order chi connectivity index (χ0) is 14.2. The SMILES string of the molecule is COCCOc1ccc(NC(C)C2CCCCC2)cn1. The van der Waals surface area contributed by atoms with Gasteiger partial charge in [0.05, 0.1) is 18.5 Å². The minimum absolute atomic E-state index is 0.511. The number of hydrogen-bond acceptors (Lipinski definition) is 4. The first-order chi connectivity index (χ1) is 9.79. The number of nitrogens with one attached hydrogen (secondary N) is 1. The summed E-state index contributed by atoms with van der Waals surface area (Å²) in [5, 5.41) is 3.56. The summed E-state index contributed by atoms with van der Waals surface area (Å²) in [5.74, 6) is 1.44. The lowest BCUT2D eigenvalue weighted by atomic mass is 9.84. The van der Waals surface area contributed by atoms with Gasteiger partial charge in [0.25, 0.3) is 0 Å². The molecule has 0 bridgehead atoms. The summed E-state index contributed by atoms with van der Waals surface area (Å²) in [7, 11) is 1.66. The normalized spacial score (nSPS) is 17.7. The van der Waals surface area contributed by atoms with Crippen LogP contribution in [0.2, 0.25) is 0 Å². The first-order valence-electron chi connectivity index (χ1n) is 7.64. The van der Waals surface area contributed by atoms with Crippen molar-refractivity contribution in [3.63, 3.8) is 0 Å². The van der Waals surface area contributed by atoms with Gasteiger partial charge in [-0.3, -0.25) is 0 Å². The lowest BCUT2D eigenvalue weighted by Crippen LogP contribution is -2.27. The third-order valence-electron chi connectivity index (χ3n) is 4.03. The second kappa shape index (κ2) is 8.10. The predicted octanol–water partition coefficient (Wildman–Crippen LogP) is 3.49. The molecule has 20 heavy (non-hydrogen) atoms. The first-order valence-corrected chi connectivity index (χ1v) is 7.64. The molecular weight excluding hydrogens is 252 g/mol. The number of hydrogen-bond donors (Lipinski definition) is 1. The van der Waals surface area contributed by atoms with Crippen LogP contribution < -0.4 is 10.1 Å². The standard InChI is InChI=1S/C16H26N2O2/c1-13(14-6-4-3-5-7-14)18-15-8-9-16(17-12-15)20-11-10-19-2/h8-9,12-14,18H,3-7,10-11H2,1-2H3. The minimum Gasteiger partial charge on any atom is -0.475 e. The van der Waals surface area contributed by atoms with E-state index in [1.54, 1.807) is 7.11 Å². The van der Waals surface area contributed by atoms with Crippen LogP contribution in [-0.4, -0.2) is 31.3 Å². The van der Waals surface area contributed by atoms with Crippen molar-refractivity contribution < 1.29 is 9.47 Å². The highest BCUT2D eigenvalue weighted by atomic mass is 16.5. The van der Waals surface area contributed by atoms with E-state index in [0.717, 1.165) is 11.6 Å². The van der Waals surface area contributed by atoms with Crippen molar-refractivity contribution in [2.45, 2.75) is 45.1 Å². The van der Waals surface area contributed by atoms with Gasteiger partial charge in [-0.25, -0.2) is 4.98 Å². The molecule has 0 aromatic carbocycles. The topological polar surface area (TPSA) is 43.4 Å². The second-order valence-corrected chi connectivity index (χ2v) is 5.56. The molecule has 1 N–H and O–H groups in total. The summed E-state index contributed by atoms with van der Waals surface area (Å²) in [4.78, 5) is 4.31. The lowest BCUT2D eigenvalue weighted by molar-refractivity contribution is 0.144. The van der Waals surface area contributed by atoms with E-state index >= 15 is 0 Å². The second-order valence-electron chi connectivity index (χ2n) is 5.56. The summed E-state index contributed by atoms with van der Waals surface area (Å²) in [6.07, 6.45) is 8.70. The molecule has 1 heterocycles. The van der Waals surface area contributed by atoms with Crippen molar-refractivity contribution in [1.82, 2.24) is 4.98 Å². The first kappa shape index (κ1) is 15.1. The molecule has 0 radical (unpaired) electrons. The van der Waals surface area contributed by atoms with Crippen LogP contribution in [0.25, 0.3) is 0 Å². The van der Waals surface area contributed by atoms with Crippen LogP contribution in [0.15, 0.2) is 18.3 Å². The minimum atomic E-state index is 0.511. The molecule has 1 atom stereocenters. The smallest absolute Gasteiger partial charge is 0.213 e. The van der Waals surface area contributed by atoms with E-state index in [4.69, 9.17) is 9.47 Å². The molecule has 4 nitrogen and oxygen atoms in total. The number of pyridine rings is 1. The largest absolute Gasteiger partial charge is 0.475 e. The molecule has 0 aliphatic heterocycles. The van der Waals surface area contributed by atoms with Gasteiger partial charge in [0.15, 0.2) is 0 Å². The summed E-state index contributed by atoms with van der Waals surface area (Å²) < 4.78 is 10.4. The summed E-state index contributed by atoms with van der Waals surface area (Å²) >= 11 is 0. The summed E-state index contributed by atoms with van der Waals surface area (Å²) in [5.41, 5.74) is 1.07. The van der Waals surface area contributed by atoms with Crippen molar-refractivity contribution in [3.8, 4) is 5.88 Å². The van der Waals surface area contributed by atoms with Crippen LogP contribution in [0.5, 0.6) is 5.88 Å². The third-order valence-corrected chi connectivity index (χ3v) is 4.03. The van der Waals surface area contributed by atoms with Gasteiger partial charge in [0.1, 0.15) is 6.61 Å². The van der Waals surface area contributed by atoms with Crippen LogP contribution in [0.1, 0.15) is 39.0 Å². The molecule has 1 unspecified atom stereocenters. The Morgan fingerprint density at radius 1 is 1.25 bits per heavy atom. The van der Waals surface area contributed by atoms with E-state index in [1.165, 1.54) is 32.1 Å². The molecule has 1 saturated carbocycles. The number of nitrogens with zero attached hydrogens (tertiary/aromatic N) is 1. The lowest BCUT2D eigenvalue weighted by Gasteiger charge is -2.28. The van der Waals surface area contributed by atoms with E-state index in [-0.39, 0.29) is 0 Å². The Balaban J connectivity index is 1.80. The maximum absolute atomic E-state index is 5.46. The number of rotatable bonds is 7. The Bertz CT molecular complexity index is 375.